The summed E-state index contributed by atoms with van der Waals surface area (Å²) in [4.78, 5) is 12.4. The summed E-state index contributed by atoms with van der Waals surface area (Å²) in [5.74, 6) is -0.0759. The molecule has 1 aliphatic rings. The normalized spacial score (nSPS) is 18.6. The van der Waals surface area contributed by atoms with Crippen LogP contribution in [0.5, 0.6) is 5.75 Å². The quantitative estimate of drug-likeness (QED) is 0.494. The monoisotopic (exact) mass is 328 g/mol. The Hall–Kier alpha value is -1.67. The van der Waals surface area contributed by atoms with E-state index >= 15 is 0 Å². The molecule has 0 bridgehead atoms. The molecule has 0 fully saturated rings. The maximum Gasteiger partial charge on any atom is 0.334 e. The number of carbonyl (C=O) groups is 1. The number of thiocarbonyl (C=S) groups is 1. The number of rotatable bonds is 3. The van der Waals surface area contributed by atoms with E-state index in [4.69, 9.17) is 17.0 Å². The predicted molar refractivity (Wildman–Crippen MR) is 84.0 cm³/mol. The standard InChI is InChI=1S/C13H16N2O4S2/c1-7(2)11-13(16)19-10-5-4-8(15-21(3,17)18)6-9(10)12(20)14-11/h4-7,11,15H,1-3H3,(H,14,20)/t11-/m0/s1. The number of benzene rings is 1. The molecule has 0 saturated heterocycles. The number of carbonyl (C=O) groups excluding carboxylic acids is 1. The summed E-state index contributed by atoms with van der Waals surface area (Å²) >= 11 is 5.28. The Morgan fingerprint density at radius 3 is 2.62 bits per heavy atom. The Morgan fingerprint density at radius 1 is 1.38 bits per heavy atom. The van der Waals surface area contributed by atoms with E-state index < -0.39 is 22.0 Å². The van der Waals surface area contributed by atoms with Gasteiger partial charge in [0, 0.05) is 5.69 Å². The molecule has 1 heterocycles. The number of nitrogens with one attached hydrogen (secondary N) is 2. The van der Waals surface area contributed by atoms with Gasteiger partial charge in [-0.3, -0.25) is 4.72 Å². The van der Waals surface area contributed by atoms with E-state index in [1.54, 1.807) is 6.07 Å². The second-order valence-electron chi connectivity index (χ2n) is 5.20. The van der Waals surface area contributed by atoms with Crippen LogP contribution in [0.2, 0.25) is 0 Å². The van der Waals surface area contributed by atoms with Crippen molar-refractivity contribution in [3.8, 4) is 5.75 Å². The van der Waals surface area contributed by atoms with E-state index in [0.29, 0.717) is 22.0 Å². The van der Waals surface area contributed by atoms with Gasteiger partial charge in [0.15, 0.2) is 0 Å². The molecule has 1 aromatic rings. The highest BCUT2D eigenvalue weighted by Crippen LogP contribution is 2.27. The van der Waals surface area contributed by atoms with Gasteiger partial charge in [-0.1, -0.05) is 26.1 Å². The smallest absolute Gasteiger partial charge is 0.334 e. The van der Waals surface area contributed by atoms with E-state index in [1.165, 1.54) is 12.1 Å². The number of fused-ring (bicyclic) bond motifs is 1. The molecule has 8 heteroatoms. The fourth-order valence-corrected chi connectivity index (χ4v) is 2.80. The molecule has 21 heavy (non-hydrogen) atoms. The minimum Gasteiger partial charge on any atom is -0.424 e. The largest absolute Gasteiger partial charge is 0.424 e. The molecule has 0 amide bonds. The van der Waals surface area contributed by atoms with E-state index in [9.17, 15) is 13.2 Å². The van der Waals surface area contributed by atoms with Crippen LogP contribution in [0.15, 0.2) is 18.2 Å². The van der Waals surface area contributed by atoms with Gasteiger partial charge in [-0.05, 0) is 24.1 Å². The summed E-state index contributed by atoms with van der Waals surface area (Å²) in [7, 11) is -3.39. The molecule has 0 aliphatic carbocycles. The Bertz CT molecular complexity index is 698. The van der Waals surface area contributed by atoms with Crippen LogP contribution in [0.1, 0.15) is 19.4 Å². The lowest BCUT2D eigenvalue weighted by molar-refractivity contribution is -0.137. The molecule has 1 aliphatic heterocycles. The van der Waals surface area contributed by atoms with Crippen molar-refractivity contribution in [2.45, 2.75) is 19.9 Å². The molecule has 2 rings (SSSR count). The SMILES string of the molecule is CC(C)[C@@H]1NC(=S)c2cc(NS(C)(=O)=O)ccc2OC1=O. The van der Waals surface area contributed by atoms with Gasteiger partial charge >= 0.3 is 5.97 Å². The van der Waals surface area contributed by atoms with Crippen molar-refractivity contribution in [1.82, 2.24) is 5.32 Å². The minimum absolute atomic E-state index is 0.0124. The molecule has 1 aromatic carbocycles. The van der Waals surface area contributed by atoms with Crippen molar-refractivity contribution in [3.63, 3.8) is 0 Å². The average Bonchev–Trinajstić information content (AvgIpc) is 2.46. The highest BCUT2D eigenvalue weighted by atomic mass is 32.2. The summed E-state index contributed by atoms with van der Waals surface area (Å²) < 4.78 is 30.2. The summed E-state index contributed by atoms with van der Waals surface area (Å²) in [5, 5.41) is 2.95. The molecule has 6 nitrogen and oxygen atoms in total. The summed E-state index contributed by atoms with van der Waals surface area (Å²) in [5.41, 5.74) is 0.842. The molecule has 0 spiro atoms. The van der Waals surface area contributed by atoms with Gasteiger partial charge in [0.05, 0.1) is 11.8 Å². The van der Waals surface area contributed by atoms with E-state index in [1.807, 2.05) is 13.8 Å². The molecule has 0 saturated carbocycles. The van der Waals surface area contributed by atoms with Crippen LogP contribution in [-0.4, -0.2) is 31.7 Å². The van der Waals surface area contributed by atoms with Crippen molar-refractivity contribution in [1.29, 1.82) is 0 Å². The Balaban J connectivity index is 2.39. The van der Waals surface area contributed by atoms with Crippen LogP contribution >= 0.6 is 12.2 Å². The van der Waals surface area contributed by atoms with Crippen LogP contribution in [0.4, 0.5) is 5.69 Å². The lowest BCUT2D eigenvalue weighted by atomic mass is 10.0. The third kappa shape index (κ3) is 3.70. The Morgan fingerprint density at radius 2 is 2.05 bits per heavy atom. The number of anilines is 1. The zero-order chi connectivity index (χ0) is 15.8. The fraction of sp³-hybridized carbons (Fsp3) is 0.385. The van der Waals surface area contributed by atoms with Gasteiger partial charge in [-0.2, -0.15) is 0 Å². The van der Waals surface area contributed by atoms with Gasteiger partial charge in [0.2, 0.25) is 10.0 Å². The van der Waals surface area contributed by atoms with Crippen molar-refractivity contribution >= 4 is 38.9 Å². The molecule has 114 valence electrons. The lowest BCUT2D eigenvalue weighted by Crippen LogP contribution is -2.43. The minimum atomic E-state index is -3.39. The van der Waals surface area contributed by atoms with Gasteiger partial charge < -0.3 is 10.1 Å². The predicted octanol–water partition coefficient (Wildman–Crippen LogP) is 1.27. The molecule has 1 atom stereocenters. The molecule has 0 unspecified atom stereocenters. The van der Waals surface area contributed by atoms with Crippen molar-refractivity contribution in [2.75, 3.05) is 11.0 Å². The summed E-state index contributed by atoms with van der Waals surface area (Å²) in [6, 6.07) is 4.06. The van der Waals surface area contributed by atoms with E-state index in [2.05, 4.69) is 10.0 Å². The number of esters is 1. The molecule has 2 N–H and O–H groups in total. The zero-order valence-corrected chi connectivity index (χ0v) is 13.5. The van der Waals surface area contributed by atoms with Gasteiger partial charge in [-0.15, -0.1) is 0 Å². The number of hydrogen-bond donors (Lipinski definition) is 2. The van der Waals surface area contributed by atoms with Crippen LogP contribution in [0.25, 0.3) is 0 Å². The third-order valence-electron chi connectivity index (χ3n) is 2.95. The first kappa shape index (κ1) is 15.7. The summed E-state index contributed by atoms with van der Waals surface area (Å²) in [6.07, 6.45) is 1.06. The molecule has 0 radical (unpaired) electrons. The Labute approximate surface area is 128 Å². The van der Waals surface area contributed by atoms with E-state index in [-0.39, 0.29) is 5.92 Å². The van der Waals surface area contributed by atoms with Crippen LogP contribution < -0.4 is 14.8 Å². The van der Waals surface area contributed by atoms with Crippen molar-refractivity contribution in [2.24, 2.45) is 5.92 Å². The first-order valence-electron chi connectivity index (χ1n) is 6.32. The topological polar surface area (TPSA) is 84.5 Å². The van der Waals surface area contributed by atoms with Crippen LogP contribution in [0.3, 0.4) is 0 Å². The highest BCUT2D eigenvalue weighted by Gasteiger charge is 2.30. The first-order chi connectivity index (χ1) is 9.67. The van der Waals surface area contributed by atoms with Crippen LogP contribution in [0, 0.1) is 5.92 Å². The number of hydrogen-bond acceptors (Lipinski definition) is 5. The molecular formula is C13H16N2O4S2. The highest BCUT2D eigenvalue weighted by molar-refractivity contribution is 7.92. The van der Waals surface area contributed by atoms with Gasteiger partial charge in [0.1, 0.15) is 16.8 Å². The zero-order valence-electron chi connectivity index (χ0n) is 11.8. The van der Waals surface area contributed by atoms with Gasteiger partial charge in [-0.25, -0.2) is 13.2 Å². The number of ether oxygens (including phenoxy) is 1. The number of sulfonamides is 1. The van der Waals surface area contributed by atoms with E-state index in [0.717, 1.165) is 6.26 Å². The maximum atomic E-state index is 12.0. The Kier molecular flexibility index (Phi) is 4.20. The second kappa shape index (κ2) is 5.61. The summed E-state index contributed by atoms with van der Waals surface area (Å²) in [6.45, 7) is 3.77. The molecule has 0 aromatic heterocycles. The maximum absolute atomic E-state index is 12.0. The fourth-order valence-electron chi connectivity index (χ4n) is 1.96. The van der Waals surface area contributed by atoms with Crippen LogP contribution in [-0.2, 0) is 14.8 Å². The first-order valence-corrected chi connectivity index (χ1v) is 8.62. The lowest BCUT2D eigenvalue weighted by Gasteiger charge is -2.17. The van der Waals surface area contributed by atoms with Gasteiger partial charge in [0.25, 0.3) is 0 Å². The van der Waals surface area contributed by atoms with Crippen molar-refractivity contribution < 1.29 is 17.9 Å². The molecular weight excluding hydrogens is 312 g/mol. The van der Waals surface area contributed by atoms with Crippen molar-refractivity contribution in [3.05, 3.63) is 23.8 Å². The average molecular weight is 328 g/mol. The second-order valence-corrected chi connectivity index (χ2v) is 7.36. The third-order valence-corrected chi connectivity index (χ3v) is 3.89.